The minimum atomic E-state index is -0.834. The zero-order valence-corrected chi connectivity index (χ0v) is 20.0. The fraction of sp³-hybridized carbons (Fsp3) is 0.778. The number of rotatable bonds is 8. The van der Waals surface area contributed by atoms with E-state index in [1.165, 1.54) is 0 Å². The lowest BCUT2D eigenvalue weighted by atomic mass is 10.1. The molecule has 27 heavy (non-hydrogen) atoms. The van der Waals surface area contributed by atoms with Crippen LogP contribution in [0.15, 0.2) is 10.4 Å². The third-order valence-corrected chi connectivity index (χ3v) is 5.31. The zero-order valence-electron chi connectivity index (χ0n) is 16.8. The minimum Gasteiger partial charge on any atom is -0.387 e. The van der Waals surface area contributed by atoms with Crippen LogP contribution in [0.5, 0.6) is 0 Å². The van der Waals surface area contributed by atoms with Crippen molar-refractivity contribution < 1.29 is 9.84 Å². The monoisotopic (exact) mass is 511 g/mol. The molecule has 1 aromatic heterocycles. The van der Waals surface area contributed by atoms with Crippen molar-refractivity contribution in [2.24, 2.45) is 4.99 Å². The molecule has 0 radical (unpaired) electrons. The number of β-amino-alcohol motifs (C(OH)–C–C–N with tert-alkyl or cyclic N) is 1. The Hall–Kier alpha value is -0.490. The van der Waals surface area contributed by atoms with Crippen LogP contribution in [0.25, 0.3) is 0 Å². The van der Waals surface area contributed by atoms with Gasteiger partial charge in [0.15, 0.2) is 5.96 Å². The van der Waals surface area contributed by atoms with Crippen molar-refractivity contribution >= 4 is 41.3 Å². The van der Waals surface area contributed by atoms with Gasteiger partial charge in [0.05, 0.1) is 36.1 Å². The molecule has 1 fully saturated rings. The van der Waals surface area contributed by atoms with E-state index in [1.807, 2.05) is 13.8 Å². The van der Waals surface area contributed by atoms with Gasteiger partial charge in [0.25, 0.3) is 0 Å². The quantitative estimate of drug-likeness (QED) is 0.282. The Morgan fingerprint density at radius 3 is 2.70 bits per heavy atom. The number of guanidine groups is 1. The van der Waals surface area contributed by atoms with E-state index in [9.17, 15) is 5.11 Å². The first-order valence-electron chi connectivity index (χ1n) is 9.38. The van der Waals surface area contributed by atoms with Crippen molar-refractivity contribution in [3.63, 3.8) is 0 Å². The fourth-order valence-corrected chi connectivity index (χ4v) is 3.56. The lowest BCUT2D eigenvalue weighted by Crippen LogP contribution is -2.52. The number of hydrogen-bond donors (Lipinski definition) is 3. The van der Waals surface area contributed by atoms with Gasteiger partial charge in [-0.05, 0) is 13.8 Å². The number of nitrogens with zero attached hydrogens (tertiary/aromatic N) is 3. The second kappa shape index (κ2) is 12.2. The summed E-state index contributed by atoms with van der Waals surface area (Å²) in [6, 6.07) is 0. The number of ether oxygens (including phenoxy) is 1. The van der Waals surface area contributed by atoms with Crippen LogP contribution in [0.4, 0.5) is 0 Å². The van der Waals surface area contributed by atoms with Crippen molar-refractivity contribution in [3.8, 4) is 0 Å². The Morgan fingerprint density at radius 1 is 1.41 bits per heavy atom. The minimum absolute atomic E-state index is 0. The molecule has 1 aliphatic heterocycles. The summed E-state index contributed by atoms with van der Waals surface area (Å²) < 4.78 is 5.36. The van der Waals surface area contributed by atoms with Crippen LogP contribution in [0.1, 0.15) is 44.3 Å². The van der Waals surface area contributed by atoms with Gasteiger partial charge in [0.2, 0.25) is 0 Å². The molecule has 156 valence electrons. The Kier molecular flexibility index (Phi) is 11.0. The number of aliphatic imine (C=N–C) groups is 1. The molecule has 0 spiro atoms. The van der Waals surface area contributed by atoms with E-state index in [4.69, 9.17) is 4.74 Å². The second-order valence-corrected chi connectivity index (χ2v) is 8.16. The summed E-state index contributed by atoms with van der Waals surface area (Å²) in [5.74, 6) is 1.15. The average molecular weight is 511 g/mol. The van der Waals surface area contributed by atoms with Gasteiger partial charge in [0, 0.05) is 44.0 Å². The Morgan fingerprint density at radius 2 is 2.11 bits per heavy atom. The number of thiazole rings is 1. The van der Waals surface area contributed by atoms with Crippen LogP contribution in [0.2, 0.25) is 0 Å². The highest BCUT2D eigenvalue weighted by Gasteiger charge is 2.25. The third-order valence-electron chi connectivity index (χ3n) is 4.11. The van der Waals surface area contributed by atoms with Crippen molar-refractivity contribution in [1.82, 2.24) is 20.5 Å². The van der Waals surface area contributed by atoms with E-state index in [1.54, 1.807) is 11.3 Å². The molecule has 1 unspecified atom stereocenters. The van der Waals surface area contributed by atoms with Crippen LogP contribution in [-0.4, -0.2) is 72.5 Å². The average Bonchev–Trinajstić information content (AvgIpc) is 3.07. The molecule has 7 nitrogen and oxygen atoms in total. The Labute approximate surface area is 184 Å². The molecule has 1 atom stereocenters. The maximum atomic E-state index is 10.7. The highest BCUT2D eigenvalue weighted by atomic mass is 127. The van der Waals surface area contributed by atoms with Gasteiger partial charge in [0.1, 0.15) is 0 Å². The molecule has 0 amide bonds. The zero-order chi connectivity index (χ0) is 19.0. The molecule has 2 heterocycles. The van der Waals surface area contributed by atoms with Crippen LogP contribution < -0.4 is 10.6 Å². The third kappa shape index (κ3) is 9.03. The summed E-state index contributed by atoms with van der Waals surface area (Å²) in [7, 11) is 0. The predicted molar refractivity (Wildman–Crippen MR) is 122 cm³/mol. The van der Waals surface area contributed by atoms with E-state index in [-0.39, 0.29) is 24.0 Å². The van der Waals surface area contributed by atoms with E-state index in [0.717, 1.165) is 43.5 Å². The summed E-state index contributed by atoms with van der Waals surface area (Å²) in [5, 5.41) is 20.4. The number of hydrogen-bond acceptors (Lipinski definition) is 6. The van der Waals surface area contributed by atoms with Crippen molar-refractivity contribution in [1.29, 1.82) is 0 Å². The molecule has 9 heteroatoms. The van der Waals surface area contributed by atoms with Gasteiger partial charge in [-0.25, -0.2) is 9.98 Å². The first-order chi connectivity index (χ1) is 12.4. The van der Waals surface area contributed by atoms with Crippen molar-refractivity contribution in [2.75, 3.05) is 45.9 Å². The topological polar surface area (TPSA) is 82.0 Å². The number of aromatic nitrogens is 1. The summed E-state index contributed by atoms with van der Waals surface area (Å²) in [6.07, 6.45) is 0. The normalized spacial score (nSPS) is 18.1. The second-order valence-electron chi connectivity index (χ2n) is 7.27. The first-order valence-corrected chi connectivity index (χ1v) is 10.3. The molecule has 3 N–H and O–H groups in total. The molecule has 1 saturated heterocycles. The number of aliphatic hydroxyl groups is 1. The van der Waals surface area contributed by atoms with Gasteiger partial charge in [-0.3, -0.25) is 4.90 Å². The SMILES string of the molecule is CCNC(=NCc1csc(C(C)C)n1)NCC(C)(O)CN1CCOCC1.I. The van der Waals surface area contributed by atoms with Crippen LogP contribution in [0.3, 0.4) is 0 Å². The smallest absolute Gasteiger partial charge is 0.191 e. The largest absolute Gasteiger partial charge is 0.387 e. The van der Waals surface area contributed by atoms with Crippen LogP contribution in [0, 0.1) is 0 Å². The van der Waals surface area contributed by atoms with Gasteiger partial charge >= 0.3 is 0 Å². The molecule has 2 rings (SSSR count). The van der Waals surface area contributed by atoms with Crippen LogP contribution in [-0.2, 0) is 11.3 Å². The van der Waals surface area contributed by atoms with Crippen molar-refractivity contribution in [2.45, 2.75) is 45.8 Å². The summed E-state index contributed by atoms with van der Waals surface area (Å²) in [4.78, 5) is 11.5. The van der Waals surface area contributed by atoms with E-state index < -0.39 is 5.60 Å². The first kappa shape index (κ1) is 24.5. The summed E-state index contributed by atoms with van der Waals surface area (Å²) in [6.45, 7) is 13.7. The molecule has 1 aliphatic rings. The lowest BCUT2D eigenvalue weighted by molar-refractivity contribution is -0.0201. The van der Waals surface area contributed by atoms with Gasteiger partial charge in [-0.1, -0.05) is 13.8 Å². The maximum absolute atomic E-state index is 10.7. The highest BCUT2D eigenvalue weighted by Crippen LogP contribution is 2.19. The molecule has 0 bridgehead atoms. The number of halogens is 1. The number of nitrogens with one attached hydrogen (secondary N) is 2. The molecular weight excluding hydrogens is 477 g/mol. The van der Waals surface area contributed by atoms with Gasteiger partial charge < -0.3 is 20.5 Å². The molecule has 0 aromatic carbocycles. The van der Waals surface area contributed by atoms with E-state index in [0.29, 0.717) is 31.5 Å². The summed E-state index contributed by atoms with van der Waals surface area (Å²) >= 11 is 1.68. The fourth-order valence-electron chi connectivity index (χ4n) is 2.73. The van der Waals surface area contributed by atoms with Crippen LogP contribution >= 0.6 is 35.3 Å². The van der Waals surface area contributed by atoms with E-state index in [2.05, 4.69) is 44.7 Å². The molecular formula is C18H34IN5O2S. The van der Waals surface area contributed by atoms with Gasteiger partial charge in [-0.2, -0.15) is 0 Å². The Bertz CT molecular complexity index is 574. The highest BCUT2D eigenvalue weighted by molar-refractivity contribution is 14.0. The molecule has 0 aliphatic carbocycles. The van der Waals surface area contributed by atoms with Crippen molar-refractivity contribution in [3.05, 3.63) is 16.1 Å². The summed E-state index contributed by atoms with van der Waals surface area (Å²) in [5.41, 5.74) is 0.148. The van der Waals surface area contributed by atoms with E-state index >= 15 is 0 Å². The standard InChI is InChI=1S/C18H33N5O2S.HI/c1-5-19-17(20-10-15-11-26-16(22-15)14(2)3)21-12-18(4,24)13-23-6-8-25-9-7-23;/h11,14,24H,5-10,12-13H2,1-4H3,(H2,19,20,21);1H. The Balaban J connectivity index is 0.00000364. The number of morpholine rings is 1. The molecule has 1 aromatic rings. The lowest BCUT2D eigenvalue weighted by Gasteiger charge is -2.34. The van der Waals surface area contributed by atoms with Gasteiger partial charge in [-0.15, -0.1) is 35.3 Å². The predicted octanol–water partition coefficient (Wildman–Crippen LogP) is 2.02. The molecule has 0 saturated carbocycles. The maximum Gasteiger partial charge on any atom is 0.191 e.